The molecule has 0 aromatic heterocycles. The molecule has 2 aromatic carbocycles. The van der Waals surface area contributed by atoms with Crippen LogP contribution in [-0.4, -0.2) is 18.1 Å². The summed E-state index contributed by atoms with van der Waals surface area (Å²) in [6.45, 7) is 0.376. The number of nitrogens with zero attached hydrogens (tertiary/aromatic N) is 3. The third-order valence-electron chi connectivity index (χ3n) is 3.09. The summed E-state index contributed by atoms with van der Waals surface area (Å²) >= 11 is 6.15. The highest BCUT2D eigenvalue weighted by atomic mass is 35.5. The maximum Gasteiger partial charge on any atom is 0.233 e. The van der Waals surface area contributed by atoms with Gasteiger partial charge in [0.2, 0.25) is 6.41 Å². The van der Waals surface area contributed by atoms with E-state index in [1.807, 2.05) is 42.6 Å². The van der Waals surface area contributed by atoms with Crippen LogP contribution in [-0.2, 0) is 4.79 Å². The Labute approximate surface area is 121 Å². The predicted molar refractivity (Wildman–Crippen MR) is 78.4 cm³/mol. The van der Waals surface area contributed by atoms with Gasteiger partial charge in [-0.2, -0.15) is 0 Å². The first-order chi connectivity index (χ1) is 9.79. The molecule has 0 spiro atoms. The fourth-order valence-corrected chi connectivity index (χ4v) is 2.34. The van der Waals surface area contributed by atoms with Crippen molar-refractivity contribution in [3.8, 4) is 0 Å². The number of amides is 1. The van der Waals surface area contributed by atoms with Crippen LogP contribution in [0.5, 0.6) is 0 Å². The summed E-state index contributed by atoms with van der Waals surface area (Å²) in [4.78, 5) is 15.9. The van der Waals surface area contributed by atoms with Crippen LogP contribution in [0.4, 0.5) is 5.69 Å². The number of carbonyl (C=O) groups is 1. The van der Waals surface area contributed by atoms with E-state index < -0.39 is 0 Å². The van der Waals surface area contributed by atoms with E-state index in [4.69, 9.17) is 11.6 Å². The molecule has 3 rings (SSSR count). The molecule has 0 saturated heterocycles. The number of anilines is 1. The maximum absolute atomic E-state index is 11.4. The Balaban J connectivity index is 2.03. The Hall–Kier alpha value is -2.33. The van der Waals surface area contributed by atoms with Gasteiger partial charge < -0.3 is 0 Å². The zero-order chi connectivity index (χ0) is 13.9. The van der Waals surface area contributed by atoms with Gasteiger partial charge in [0, 0.05) is 11.4 Å². The van der Waals surface area contributed by atoms with Crippen LogP contribution in [0.2, 0.25) is 5.02 Å². The molecule has 1 aliphatic rings. The fraction of sp³-hybridized carbons (Fsp3) is 0.0667. The minimum atomic E-state index is 0.376. The lowest BCUT2D eigenvalue weighted by atomic mass is 10.3. The smallest absolute Gasteiger partial charge is 0.233 e. The zero-order valence-electron chi connectivity index (χ0n) is 10.6. The molecule has 100 valence electrons. The largest absolute Gasteiger partial charge is 0.276 e. The van der Waals surface area contributed by atoms with Crippen LogP contribution in [0.15, 0.2) is 53.5 Å². The number of rotatable bonds is 3. The molecule has 5 heteroatoms. The molecule has 0 atom stereocenters. The van der Waals surface area contributed by atoms with Crippen molar-refractivity contribution in [1.29, 1.82) is 0 Å². The third-order valence-corrected chi connectivity index (χ3v) is 3.41. The van der Waals surface area contributed by atoms with Crippen LogP contribution in [0.1, 0.15) is 0 Å². The number of hydrazine groups is 1. The number of hydrogen-bond acceptors (Lipinski definition) is 3. The number of hydrogen-bond donors (Lipinski definition) is 0. The highest BCUT2D eigenvalue weighted by Gasteiger charge is 2.16. The highest BCUT2D eigenvalue weighted by molar-refractivity contribution is 6.33. The van der Waals surface area contributed by atoms with Crippen molar-refractivity contribution in [2.45, 2.75) is 0 Å². The SMILES string of the molecule is O=CN(c1ccccc1Cl)N1C=c2ccccc2=NC1. The lowest BCUT2D eigenvalue weighted by Crippen LogP contribution is -2.44. The van der Waals surface area contributed by atoms with Gasteiger partial charge >= 0.3 is 0 Å². The second-order valence-corrected chi connectivity index (χ2v) is 4.74. The lowest BCUT2D eigenvalue weighted by Gasteiger charge is -2.31. The van der Waals surface area contributed by atoms with Crippen molar-refractivity contribution >= 4 is 29.9 Å². The van der Waals surface area contributed by atoms with Gasteiger partial charge in [-0.25, -0.2) is 5.01 Å². The van der Waals surface area contributed by atoms with E-state index in [1.54, 1.807) is 17.1 Å². The Morgan fingerprint density at radius 3 is 2.70 bits per heavy atom. The van der Waals surface area contributed by atoms with Crippen LogP contribution in [0, 0.1) is 0 Å². The lowest BCUT2D eigenvalue weighted by molar-refractivity contribution is -0.109. The summed E-state index contributed by atoms with van der Waals surface area (Å²) in [5.74, 6) is 0. The highest BCUT2D eigenvalue weighted by Crippen LogP contribution is 2.25. The summed E-state index contributed by atoms with van der Waals surface area (Å²) < 4.78 is 0. The van der Waals surface area contributed by atoms with Crippen LogP contribution in [0.25, 0.3) is 6.20 Å². The Morgan fingerprint density at radius 1 is 1.15 bits per heavy atom. The molecular formula is C15H12ClN3O. The summed E-state index contributed by atoms with van der Waals surface area (Å²) in [5, 5.41) is 5.61. The fourth-order valence-electron chi connectivity index (χ4n) is 2.11. The van der Waals surface area contributed by atoms with E-state index in [2.05, 4.69) is 4.99 Å². The number of carbonyl (C=O) groups excluding carboxylic acids is 1. The maximum atomic E-state index is 11.4. The number of benzene rings is 2. The number of fused-ring (bicyclic) bond motifs is 1. The first-order valence-corrected chi connectivity index (χ1v) is 6.54. The van der Waals surface area contributed by atoms with Crippen LogP contribution in [0.3, 0.4) is 0 Å². The molecule has 0 unspecified atom stereocenters. The second kappa shape index (κ2) is 5.35. The van der Waals surface area contributed by atoms with E-state index >= 15 is 0 Å². The minimum absolute atomic E-state index is 0.376. The molecule has 1 heterocycles. The van der Waals surface area contributed by atoms with Crippen molar-refractivity contribution in [1.82, 2.24) is 5.01 Å². The van der Waals surface area contributed by atoms with Gasteiger partial charge in [-0.05, 0) is 18.2 Å². The first kappa shape index (κ1) is 12.7. The minimum Gasteiger partial charge on any atom is -0.276 e. The Morgan fingerprint density at radius 2 is 1.90 bits per heavy atom. The average molecular weight is 286 g/mol. The molecule has 0 saturated carbocycles. The number of para-hydroxylation sites is 2. The van der Waals surface area contributed by atoms with Crippen LogP contribution < -0.4 is 15.6 Å². The second-order valence-electron chi connectivity index (χ2n) is 4.33. The average Bonchev–Trinajstić information content (AvgIpc) is 2.50. The van der Waals surface area contributed by atoms with Gasteiger partial charge in [-0.1, -0.05) is 41.9 Å². The van der Waals surface area contributed by atoms with Crippen molar-refractivity contribution in [3.63, 3.8) is 0 Å². The van der Waals surface area contributed by atoms with E-state index in [0.29, 0.717) is 17.4 Å². The van der Waals surface area contributed by atoms with Gasteiger partial charge in [-0.3, -0.25) is 14.8 Å². The first-order valence-electron chi connectivity index (χ1n) is 6.16. The zero-order valence-corrected chi connectivity index (χ0v) is 11.4. The van der Waals surface area contributed by atoms with E-state index in [9.17, 15) is 4.79 Å². The quantitative estimate of drug-likeness (QED) is 0.802. The molecule has 1 aliphatic heterocycles. The molecular weight excluding hydrogens is 274 g/mol. The molecule has 4 nitrogen and oxygen atoms in total. The molecule has 0 radical (unpaired) electrons. The molecule has 0 fully saturated rings. The summed E-state index contributed by atoms with van der Waals surface area (Å²) in [5.41, 5.74) is 0.634. The number of halogens is 1. The summed E-state index contributed by atoms with van der Waals surface area (Å²) in [6, 6.07) is 15.0. The molecule has 0 N–H and O–H groups in total. The third kappa shape index (κ3) is 2.26. The van der Waals surface area contributed by atoms with E-state index in [-0.39, 0.29) is 0 Å². The molecule has 0 aliphatic carbocycles. The van der Waals surface area contributed by atoms with Gasteiger partial charge in [-0.15, -0.1) is 0 Å². The van der Waals surface area contributed by atoms with Crippen molar-refractivity contribution in [2.24, 2.45) is 4.99 Å². The Kier molecular flexibility index (Phi) is 3.39. The predicted octanol–water partition coefficient (Wildman–Crippen LogP) is 1.55. The summed E-state index contributed by atoms with van der Waals surface area (Å²) in [7, 11) is 0. The van der Waals surface area contributed by atoms with Gasteiger partial charge in [0.15, 0.2) is 0 Å². The van der Waals surface area contributed by atoms with Gasteiger partial charge in [0.1, 0.15) is 6.67 Å². The normalized spacial score (nSPS) is 12.9. The van der Waals surface area contributed by atoms with E-state index in [0.717, 1.165) is 17.0 Å². The van der Waals surface area contributed by atoms with Crippen LogP contribution >= 0.6 is 11.6 Å². The van der Waals surface area contributed by atoms with Gasteiger partial charge in [0.05, 0.1) is 16.1 Å². The van der Waals surface area contributed by atoms with Gasteiger partial charge in [0.25, 0.3) is 0 Å². The molecule has 20 heavy (non-hydrogen) atoms. The van der Waals surface area contributed by atoms with Crippen molar-refractivity contribution in [2.75, 3.05) is 11.7 Å². The molecule has 2 aromatic rings. The topological polar surface area (TPSA) is 35.9 Å². The molecule has 0 bridgehead atoms. The standard InChI is InChI=1S/C15H12ClN3O/c16-13-6-2-4-8-15(13)19(11-20)18-9-12-5-1-3-7-14(12)17-10-18/h1-9,11H,10H2. The van der Waals surface area contributed by atoms with Crippen molar-refractivity contribution < 1.29 is 4.79 Å². The molecule has 1 amide bonds. The summed E-state index contributed by atoms with van der Waals surface area (Å²) in [6.07, 6.45) is 2.63. The van der Waals surface area contributed by atoms with Crippen molar-refractivity contribution in [3.05, 3.63) is 64.1 Å². The monoisotopic (exact) mass is 285 g/mol. The van der Waals surface area contributed by atoms with E-state index in [1.165, 1.54) is 5.01 Å². The Bertz CT molecular complexity index is 760.